The highest BCUT2D eigenvalue weighted by Crippen LogP contribution is 2.28. The summed E-state index contributed by atoms with van der Waals surface area (Å²) in [5.74, 6) is -0.0113. The van der Waals surface area contributed by atoms with Crippen LogP contribution in [0.4, 0.5) is 0 Å². The molecule has 9 heteroatoms. The molecule has 4 heterocycles. The number of hydrogen-bond donors (Lipinski definition) is 0. The van der Waals surface area contributed by atoms with Crippen LogP contribution in [-0.4, -0.2) is 81.9 Å². The van der Waals surface area contributed by atoms with Gasteiger partial charge in [0.1, 0.15) is 5.56 Å². The van der Waals surface area contributed by atoms with Crippen LogP contribution in [0.1, 0.15) is 29.3 Å². The highest BCUT2D eigenvalue weighted by atomic mass is 32.2. The van der Waals surface area contributed by atoms with E-state index in [0.29, 0.717) is 24.3 Å². The van der Waals surface area contributed by atoms with Crippen LogP contribution < -0.4 is 0 Å². The second-order valence-electron chi connectivity index (χ2n) is 7.20. The molecule has 0 radical (unpaired) electrons. The van der Waals surface area contributed by atoms with E-state index in [0.717, 1.165) is 18.5 Å². The van der Waals surface area contributed by atoms with E-state index in [1.165, 1.54) is 6.20 Å². The number of amides is 1. The van der Waals surface area contributed by atoms with E-state index in [2.05, 4.69) is 21.9 Å². The van der Waals surface area contributed by atoms with Crippen molar-refractivity contribution >= 4 is 21.4 Å². The topological polar surface area (TPSA) is 87.9 Å². The Hall–Kier alpha value is -2.00. The molecule has 0 saturated carbocycles. The summed E-state index contributed by atoms with van der Waals surface area (Å²) in [5, 5.41) is 4.23. The van der Waals surface area contributed by atoms with E-state index in [9.17, 15) is 13.2 Å². The van der Waals surface area contributed by atoms with Crippen molar-refractivity contribution in [2.24, 2.45) is 0 Å². The third-order valence-corrected chi connectivity index (χ3v) is 6.98. The minimum atomic E-state index is -3.14. The first-order valence-corrected chi connectivity index (χ1v) is 10.8. The molecule has 1 amide bonds. The maximum atomic E-state index is 13.2. The predicted molar refractivity (Wildman–Crippen MR) is 96.9 cm³/mol. The van der Waals surface area contributed by atoms with E-state index in [4.69, 9.17) is 0 Å². The van der Waals surface area contributed by atoms with Crippen molar-refractivity contribution in [3.05, 3.63) is 29.7 Å². The van der Waals surface area contributed by atoms with Gasteiger partial charge in [-0.2, -0.15) is 5.10 Å². The van der Waals surface area contributed by atoms with Crippen LogP contribution in [0.2, 0.25) is 0 Å². The van der Waals surface area contributed by atoms with Crippen molar-refractivity contribution < 1.29 is 13.2 Å². The number of sulfone groups is 1. The Morgan fingerprint density at radius 1 is 1.23 bits per heavy atom. The third kappa shape index (κ3) is 2.88. The summed E-state index contributed by atoms with van der Waals surface area (Å²) < 4.78 is 26.1. The molecule has 0 aliphatic carbocycles. The molecule has 4 rings (SSSR count). The van der Waals surface area contributed by atoms with Crippen molar-refractivity contribution in [3.8, 4) is 0 Å². The lowest BCUT2D eigenvalue weighted by Gasteiger charge is -2.43. The van der Waals surface area contributed by atoms with E-state index in [1.54, 1.807) is 15.6 Å². The van der Waals surface area contributed by atoms with Crippen molar-refractivity contribution in [2.45, 2.75) is 32.4 Å². The summed E-state index contributed by atoms with van der Waals surface area (Å²) in [5.41, 5.74) is 1.89. The Kier molecular flexibility index (Phi) is 4.23. The fourth-order valence-electron chi connectivity index (χ4n) is 4.12. The molecular formula is C17H23N5O3S. The first-order valence-electron chi connectivity index (χ1n) is 8.95. The van der Waals surface area contributed by atoms with Gasteiger partial charge >= 0.3 is 0 Å². The summed E-state index contributed by atoms with van der Waals surface area (Å²) in [6, 6.07) is -0.414. The molecule has 2 aliphatic heterocycles. The number of hydrogen-bond acceptors (Lipinski definition) is 6. The van der Waals surface area contributed by atoms with Crippen LogP contribution in [0.15, 0.2) is 18.6 Å². The second-order valence-corrected chi connectivity index (χ2v) is 9.36. The van der Waals surface area contributed by atoms with E-state index in [1.807, 2.05) is 13.1 Å². The number of piperazine rings is 1. The zero-order chi connectivity index (χ0) is 18.5. The second kappa shape index (κ2) is 6.31. The zero-order valence-corrected chi connectivity index (χ0v) is 15.8. The van der Waals surface area contributed by atoms with Crippen LogP contribution in [0.25, 0.3) is 5.65 Å². The number of carbonyl (C=O) groups excluding carboxylic acids is 1. The van der Waals surface area contributed by atoms with Gasteiger partial charge in [-0.3, -0.25) is 9.69 Å². The molecule has 0 aromatic carbocycles. The third-order valence-electron chi connectivity index (χ3n) is 5.28. The van der Waals surface area contributed by atoms with Gasteiger partial charge < -0.3 is 4.90 Å². The number of aryl methyl sites for hydroxylation is 1. The molecule has 0 N–H and O–H groups in total. The van der Waals surface area contributed by atoms with Gasteiger partial charge in [0.15, 0.2) is 15.5 Å². The van der Waals surface area contributed by atoms with Crippen LogP contribution in [-0.2, 0) is 9.84 Å². The van der Waals surface area contributed by atoms with Crippen molar-refractivity contribution in [1.82, 2.24) is 24.4 Å². The molecule has 26 heavy (non-hydrogen) atoms. The molecule has 2 aliphatic rings. The van der Waals surface area contributed by atoms with Gasteiger partial charge in [0, 0.05) is 31.5 Å². The van der Waals surface area contributed by atoms with Crippen molar-refractivity contribution in [1.29, 1.82) is 0 Å². The average molecular weight is 377 g/mol. The van der Waals surface area contributed by atoms with Gasteiger partial charge in [0.05, 0.1) is 23.7 Å². The van der Waals surface area contributed by atoms with Gasteiger partial charge in [0.25, 0.3) is 5.91 Å². The largest absolute Gasteiger partial charge is 0.332 e. The number of rotatable bonds is 3. The minimum absolute atomic E-state index is 0.0371. The fraction of sp³-hybridized carbons (Fsp3) is 0.588. The Labute approximate surface area is 152 Å². The summed E-state index contributed by atoms with van der Waals surface area (Å²) >= 11 is 0. The molecular weight excluding hydrogens is 354 g/mol. The number of nitrogens with zero attached hydrogens (tertiary/aromatic N) is 5. The molecule has 2 aromatic rings. The Bertz CT molecular complexity index is 954. The maximum Gasteiger partial charge on any atom is 0.259 e. The predicted octanol–water partition coefficient (Wildman–Crippen LogP) is 0.371. The average Bonchev–Trinajstić information content (AvgIpc) is 3.14. The number of aromatic nitrogens is 3. The lowest BCUT2D eigenvalue weighted by atomic mass is 10.0. The molecule has 0 spiro atoms. The molecule has 8 nitrogen and oxygen atoms in total. The van der Waals surface area contributed by atoms with Crippen molar-refractivity contribution in [3.63, 3.8) is 0 Å². The van der Waals surface area contributed by atoms with E-state index < -0.39 is 9.84 Å². The Balaban J connectivity index is 1.67. The number of carbonyl (C=O) groups is 1. The monoisotopic (exact) mass is 377 g/mol. The summed E-state index contributed by atoms with van der Waals surface area (Å²) in [7, 11) is -3.14. The molecule has 2 saturated heterocycles. The first kappa shape index (κ1) is 17.4. The first-order chi connectivity index (χ1) is 12.4. The van der Waals surface area contributed by atoms with Gasteiger partial charge in [-0.1, -0.05) is 6.92 Å². The minimum Gasteiger partial charge on any atom is -0.332 e. The van der Waals surface area contributed by atoms with Gasteiger partial charge in [-0.15, -0.1) is 0 Å². The van der Waals surface area contributed by atoms with E-state index >= 15 is 0 Å². The summed E-state index contributed by atoms with van der Waals surface area (Å²) in [4.78, 5) is 21.5. The zero-order valence-electron chi connectivity index (χ0n) is 15.0. The molecule has 2 fully saturated rings. The lowest BCUT2D eigenvalue weighted by Crippen LogP contribution is -2.60. The lowest BCUT2D eigenvalue weighted by molar-refractivity contribution is 0.0334. The summed E-state index contributed by atoms with van der Waals surface area (Å²) in [6.45, 7) is 6.08. The van der Waals surface area contributed by atoms with Gasteiger partial charge in [-0.25, -0.2) is 17.9 Å². The van der Waals surface area contributed by atoms with Gasteiger partial charge in [0.2, 0.25) is 0 Å². The van der Waals surface area contributed by atoms with Crippen LogP contribution >= 0.6 is 0 Å². The number of fused-ring (bicyclic) bond motifs is 2. The molecule has 2 unspecified atom stereocenters. The standard InChI is InChI=1S/C17H23N5O3S/c1-3-4-20-5-6-21(15-11-26(24,25)10-14(15)20)17(23)13-8-19-22-9-12(2)7-18-16(13)22/h7-9,14-15H,3-6,10-11H2,1-2H3. The van der Waals surface area contributed by atoms with Crippen LogP contribution in [0.5, 0.6) is 0 Å². The highest BCUT2D eigenvalue weighted by Gasteiger charge is 2.48. The fourth-order valence-corrected chi connectivity index (χ4v) is 6.13. The Morgan fingerprint density at radius 2 is 2.00 bits per heavy atom. The smallest absolute Gasteiger partial charge is 0.259 e. The maximum absolute atomic E-state index is 13.2. The molecule has 2 aromatic heterocycles. The van der Waals surface area contributed by atoms with Crippen LogP contribution in [0.3, 0.4) is 0 Å². The molecule has 2 atom stereocenters. The van der Waals surface area contributed by atoms with E-state index in [-0.39, 0.29) is 29.5 Å². The normalized spacial score (nSPS) is 25.5. The highest BCUT2D eigenvalue weighted by molar-refractivity contribution is 7.91. The summed E-state index contributed by atoms with van der Waals surface area (Å²) in [6.07, 6.45) is 6.02. The van der Waals surface area contributed by atoms with Crippen molar-refractivity contribution in [2.75, 3.05) is 31.1 Å². The molecule has 0 bridgehead atoms. The Morgan fingerprint density at radius 3 is 2.77 bits per heavy atom. The van der Waals surface area contributed by atoms with Gasteiger partial charge in [-0.05, 0) is 25.5 Å². The molecule has 140 valence electrons. The quantitative estimate of drug-likeness (QED) is 0.768. The van der Waals surface area contributed by atoms with Crippen LogP contribution in [0, 0.1) is 6.92 Å². The SMILES string of the molecule is CCCN1CCN(C(=O)c2cnn3cc(C)cnc23)C2CS(=O)(=O)CC21.